The van der Waals surface area contributed by atoms with Crippen LogP contribution in [-0.2, 0) is 4.74 Å². The third-order valence-corrected chi connectivity index (χ3v) is 0.746. The third-order valence-electron chi connectivity index (χ3n) is 0.746. The van der Waals surface area contributed by atoms with Gasteiger partial charge in [0.25, 0.3) is 0 Å². The first kappa shape index (κ1) is 6.66. The van der Waals surface area contributed by atoms with E-state index in [4.69, 9.17) is 5.11 Å². The molecule has 0 rings (SSSR count). The number of aliphatic hydroxyl groups is 1. The van der Waals surface area contributed by atoms with Gasteiger partial charge in [0.15, 0.2) is 0 Å². The number of rotatable bonds is 3. The van der Waals surface area contributed by atoms with Crippen LogP contribution in [0, 0.1) is 0 Å². The van der Waals surface area contributed by atoms with Crippen LogP contribution in [0.5, 0.6) is 0 Å². The summed E-state index contributed by atoms with van der Waals surface area (Å²) in [4.78, 5) is 0. The molecule has 2 heteroatoms. The van der Waals surface area contributed by atoms with Crippen molar-refractivity contribution >= 4 is 0 Å². The minimum Gasteiger partial charge on any atom is -0.393 e. The Kier molecular flexibility index (Phi) is 3.65. The summed E-state index contributed by atoms with van der Waals surface area (Å²) in [5.74, 6) is 0. The number of aliphatic hydroxyl groups excluding tert-OH is 1. The van der Waals surface area contributed by atoms with Crippen LogP contribution in [0.1, 0.15) is 0 Å². The quantitative estimate of drug-likeness (QED) is 0.515. The van der Waals surface area contributed by atoms with Crippen LogP contribution in [0.3, 0.4) is 0 Å². The van der Waals surface area contributed by atoms with Crippen LogP contribution in [0.2, 0.25) is 0 Å². The summed E-state index contributed by atoms with van der Waals surface area (Å²) < 4.78 is 4.68. The molecule has 7 heavy (non-hydrogen) atoms. The van der Waals surface area contributed by atoms with Crippen LogP contribution in [0.4, 0.5) is 0 Å². The van der Waals surface area contributed by atoms with Crippen molar-refractivity contribution in [1.29, 1.82) is 0 Å². The van der Waals surface area contributed by atoms with Gasteiger partial charge < -0.3 is 9.84 Å². The van der Waals surface area contributed by atoms with Crippen molar-refractivity contribution in [3.63, 3.8) is 0 Å². The Hall–Kier alpha value is -0.340. The number of hydrogen-bond donors (Lipinski definition) is 1. The Morgan fingerprint density at radius 1 is 2.00 bits per heavy atom. The molecule has 1 atom stereocenters. The zero-order chi connectivity index (χ0) is 5.70. The lowest BCUT2D eigenvalue weighted by molar-refractivity contribution is 0.0822. The maximum atomic E-state index is 8.33. The van der Waals surface area contributed by atoms with Crippen LogP contribution >= 0.6 is 0 Å². The lowest BCUT2D eigenvalue weighted by Crippen LogP contribution is -2.10. The average Bonchev–Trinajstić information content (AvgIpc) is 1.72. The highest BCUT2D eigenvalue weighted by Crippen LogP contribution is 1.85. The minimum atomic E-state index is -0.194. The Morgan fingerprint density at radius 3 is 2.57 bits per heavy atom. The van der Waals surface area contributed by atoms with Gasteiger partial charge in [-0.05, 0) is 0 Å². The summed E-state index contributed by atoms with van der Waals surface area (Å²) in [7, 11) is 1.53. The maximum Gasteiger partial charge on any atom is 0.0980 e. The van der Waals surface area contributed by atoms with Gasteiger partial charge in [0.2, 0.25) is 0 Å². The molecule has 0 saturated heterocycles. The van der Waals surface area contributed by atoms with Crippen molar-refractivity contribution in [2.75, 3.05) is 13.7 Å². The fourth-order valence-electron chi connectivity index (χ4n) is 0.245. The molecule has 1 N–H and O–H groups in total. The first-order valence-electron chi connectivity index (χ1n) is 2.11. The molecule has 0 aromatic carbocycles. The lowest BCUT2D eigenvalue weighted by atomic mass is 10.4. The molecule has 0 aromatic rings. The average molecular weight is 102 g/mol. The summed E-state index contributed by atoms with van der Waals surface area (Å²) in [6, 6.07) is 0. The second kappa shape index (κ2) is 3.84. The van der Waals surface area contributed by atoms with E-state index in [0.717, 1.165) is 0 Å². The Bertz CT molecular complexity index is 48.0. The monoisotopic (exact) mass is 102 g/mol. The highest BCUT2D eigenvalue weighted by Gasteiger charge is 1.93. The number of methoxy groups -OCH3 is 1. The fraction of sp³-hybridized carbons (Fsp3) is 0.600. The van der Waals surface area contributed by atoms with Crippen molar-refractivity contribution in [3.05, 3.63) is 12.7 Å². The van der Waals surface area contributed by atoms with E-state index in [1.807, 2.05) is 0 Å². The SMILES string of the molecule is C=C[C@H](CO)OC. The number of ether oxygens (including phenoxy) is 1. The van der Waals surface area contributed by atoms with Gasteiger partial charge in [0.05, 0.1) is 12.7 Å². The number of hydrogen-bond acceptors (Lipinski definition) is 2. The molecule has 0 aliphatic rings. The standard InChI is InChI=1S/C5H10O2/c1-3-5(4-6)7-2/h3,5-6H,1,4H2,2H3/t5-/m1/s1. The molecule has 0 saturated carbocycles. The molecular weight excluding hydrogens is 92.1 g/mol. The molecule has 0 amide bonds. The van der Waals surface area contributed by atoms with Crippen molar-refractivity contribution in [2.24, 2.45) is 0 Å². The molecule has 0 spiro atoms. The van der Waals surface area contributed by atoms with Crippen molar-refractivity contribution in [3.8, 4) is 0 Å². The molecule has 0 aromatic heterocycles. The van der Waals surface area contributed by atoms with Gasteiger partial charge >= 0.3 is 0 Å². The predicted octanol–water partition coefficient (Wildman–Crippen LogP) is 0.180. The largest absolute Gasteiger partial charge is 0.393 e. The van der Waals surface area contributed by atoms with Crippen molar-refractivity contribution < 1.29 is 9.84 Å². The van der Waals surface area contributed by atoms with Crippen LogP contribution in [0.25, 0.3) is 0 Å². The molecule has 0 unspecified atom stereocenters. The third kappa shape index (κ3) is 2.37. The summed E-state index contributed by atoms with van der Waals surface area (Å²) >= 11 is 0. The van der Waals surface area contributed by atoms with E-state index in [-0.39, 0.29) is 12.7 Å². The second-order valence-corrected chi connectivity index (χ2v) is 1.19. The van der Waals surface area contributed by atoms with Gasteiger partial charge in [-0.2, -0.15) is 0 Å². The zero-order valence-electron chi connectivity index (χ0n) is 4.42. The Balaban J connectivity index is 3.16. The minimum absolute atomic E-state index is 0.0139. The summed E-state index contributed by atoms with van der Waals surface area (Å²) in [5, 5.41) is 8.33. The first-order chi connectivity index (χ1) is 3.35. The highest BCUT2D eigenvalue weighted by atomic mass is 16.5. The van der Waals surface area contributed by atoms with E-state index in [2.05, 4.69) is 11.3 Å². The van der Waals surface area contributed by atoms with E-state index in [9.17, 15) is 0 Å². The Morgan fingerprint density at radius 2 is 2.57 bits per heavy atom. The van der Waals surface area contributed by atoms with Crippen LogP contribution in [0.15, 0.2) is 12.7 Å². The van der Waals surface area contributed by atoms with Gasteiger partial charge in [-0.3, -0.25) is 0 Å². The summed E-state index contributed by atoms with van der Waals surface area (Å²) in [6.45, 7) is 3.43. The zero-order valence-corrected chi connectivity index (χ0v) is 4.42. The van der Waals surface area contributed by atoms with Gasteiger partial charge in [-0.15, -0.1) is 6.58 Å². The molecule has 0 bridgehead atoms. The molecule has 0 radical (unpaired) electrons. The Labute approximate surface area is 43.4 Å². The van der Waals surface area contributed by atoms with Crippen molar-refractivity contribution in [2.45, 2.75) is 6.10 Å². The molecule has 0 fully saturated rings. The second-order valence-electron chi connectivity index (χ2n) is 1.19. The van der Waals surface area contributed by atoms with Gasteiger partial charge in [-0.1, -0.05) is 6.08 Å². The van der Waals surface area contributed by atoms with E-state index < -0.39 is 0 Å². The van der Waals surface area contributed by atoms with Gasteiger partial charge in [0.1, 0.15) is 0 Å². The van der Waals surface area contributed by atoms with Gasteiger partial charge in [-0.25, -0.2) is 0 Å². The molecule has 2 nitrogen and oxygen atoms in total. The van der Waals surface area contributed by atoms with Crippen LogP contribution in [-0.4, -0.2) is 24.9 Å². The van der Waals surface area contributed by atoms with E-state index in [1.165, 1.54) is 7.11 Å². The molecule has 0 aliphatic heterocycles. The first-order valence-corrected chi connectivity index (χ1v) is 2.11. The molecular formula is C5H10O2. The molecule has 42 valence electrons. The normalized spacial score (nSPS) is 13.4. The molecule has 0 heterocycles. The van der Waals surface area contributed by atoms with E-state index >= 15 is 0 Å². The predicted molar refractivity (Wildman–Crippen MR) is 28.1 cm³/mol. The summed E-state index contributed by atoms with van der Waals surface area (Å²) in [5.41, 5.74) is 0. The lowest BCUT2D eigenvalue weighted by Gasteiger charge is -2.02. The maximum absolute atomic E-state index is 8.33. The summed E-state index contributed by atoms with van der Waals surface area (Å²) in [6.07, 6.45) is 1.36. The highest BCUT2D eigenvalue weighted by molar-refractivity contribution is 4.77. The molecule has 0 aliphatic carbocycles. The van der Waals surface area contributed by atoms with Crippen LogP contribution < -0.4 is 0 Å². The van der Waals surface area contributed by atoms with E-state index in [1.54, 1.807) is 6.08 Å². The van der Waals surface area contributed by atoms with Crippen molar-refractivity contribution in [1.82, 2.24) is 0 Å². The smallest absolute Gasteiger partial charge is 0.0980 e. The topological polar surface area (TPSA) is 29.5 Å². The van der Waals surface area contributed by atoms with Gasteiger partial charge in [0, 0.05) is 7.11 Å². The van der Waals surface area contributed by atoms with E-state index in [0.29, 0.717) is 0 Å². The fourth-order valence-corrected chi connectivity index (χ4v) is 0.245.